The second-order valence-corrected chi connectivity index (χ2v) is 4.30. The van der Waals surface area contributed by atoms with Crippen molar-refractivity contribution < 1.29 is 0 Å². The van der Waals surface area contributed by atoms with Crippen LogP contribution in [0.5, 0.6) is 0 Å². The summed E-state index contributed by atoms with van der Waals surface area (Å²) in [6.07, 6.45) is 1.08. The first kappa shape index (κ1) is 10.8. The molecule has 0 aliphatic rings. The zero-order valence-corrected chi connectivity index (χ0v) is 8.45. The number of nitrogens with zero attached hydrogens (tertiary/aromatic N) is 1. The Morgan fingerprint density at radius 1 is 1.55 bits per heavy atom. The maximum Gasteiger partial charge on any atom is 0.104 e. The molecule has 2 nitrogen and oxygen atoms in total. The fraction of sp³-hybridized carbons (Fsp3) is 0.875. The molecule has 0 amide bonds. The number of nitrogens with two attached hydrogens (primary N) is 1. The Hall–Kier alpha value is -0.180. The smallest absolute Gasteiger partial charge is 0.104 e. The van der Waals surface area contributed by atoms with Gasteiger partial charge in [-0.1, -0.05) is 20.8 Å². The summed E-state index contributed by atoms with van der Waals surface area (Å²) in [7, 11) is 0. The summed E-state index contributed by atoms with van der Waals surface area (Å²) in [5.74, 6) is 1.66. The molecule has 66 valence electrons. The van der Waals surface area contributed by atoms with Crippen LogP contribution in [-0.2, 0) is 0 Å². The molecule has 0 aromatic carbocycles. The highest BCUT2D eigenvalue weighted by Gasteiger charge is 1.95. The van der Waals surface area contributed by atoms with E-state index < -0.39 is 0 Å². The van der Waals surface area contributed by atoms with E-state index in [1.54, 1.807) is 0 Å². The minimum Gasteiger partial charge on any atom is -0.387 e. The SMILES string of the molecule is CCCN=C(N)CSC(C)C. The lowest BCUT2D eigenvalue weighted by molar-refractivity contribution is 0.929. The van der Waals surface area contributed by atoms with Crippen molar-refractivity contribution >= 4 is 17.6 Å². The van der Waals surface area contributed by atoms with Crippen molar-refractivity contribution in [2.45, 2.75) is 32.4 Å². The molecule has 0 aliphatic carbocycles. The predicted octanol–water partition coefficient (Wildman–Crippen LogP) is 1.90. The van der Waals surface area contributed by atoms with Gasteiger partial charge in [-0.2, -0.15) is 11.8 Å². The Morgan fingerprint density at radius 3 is 2.64 bits per heavy atom. The highest BCUT2D eigenvalue weighted by atomic mass is 32.2. The monoisotopic (exact) mass is 174 g/mol. The fourth-order valence-corrected chi connectivity index (χ4v) is 1.15. The largest absolute Gasteiger partial charge is 0.387 e. The standard InChI is InChI=1S/C8H18N2S/c1-4-5-10-8(9)6-11-7(2)3/h7H,4-6H2,1-3H3,(H2,9,10). The van der Waals surface area contributed by atoms with Gasteiger partial charge in [-0.05, 0) is 11.7 Å². The number of hydrogen-bond acceptors (Lipinski definition) is 2. The first-order chi connectivity index (χ1) is 5.16. The predicted molar refractivity (Wildman–Crippen MR) is 54.4 cm³/mol. The van der Waals surface area contributed by atoms with Gasteiger partial charge in [0.25, 0.3) is 0 Å². The molecular formula is C8H18N2S. The van der Waals surface area contributed by atoms with Crippen LogP contribution in [0.4, 0.5) is 0 Å². The molecule has 0 atom stereocenters. The van der Waals surface area contributed by atoms with E-state index in [1.807, 2.05) is 11.8 Å². The molecule has 0 rings (SSSR count). The Labute approximate surface area is 73.7 Å². The van der Waals surface area contributed by atoms with Gasteiger partial charge in [0, 0.05) is 6.54 Å². The molecule has 0 saturated heterocycles. The van der Waals surface area contributed by atoms with E-state index in [1.165, 1.54) is 0 Å². The third-order valence-corrected chi connectivity index (χ3v) is 2.23. The Balaban J connectivity index is 3.42. The van der Waals surface area contributed by atoms with Crippen LogP contribution in [0.2, 0.25) is 0 Å². The summed E-state index contributed by atoms with van der Waals surface area (Å²) in [6, 6.07) is 0. The van der Waals surface area contributed by atoms with Crippen LogP contribution in [0.25, 0.3) is 0 Å². The van der Waals surface area contributed by atoms with Crippen LogP contribution < -0.4 is 5.73 Å². The van der Waals surface area contributed by atoms with Gasteiger partial charge in [-0.25, -0.2) is 0 Å². The summed E-state index contributed by atoms with van der Waals surface area (Å²) in [4.78, 5) is 4.19. The number of aliphatic imine (C=N–C) groups is 1. The van der Waals surface area contributed by atoms with E-state index >= 15 is 0 Å². The van der Waals surface area contributed by atoms with Gasteiger partial charge in [0.1, 0.15) is 5.84 Å². The van der Waals surface area contributed by atoms with Crippen LogP contribution in [-0.4, -0.2) is 23.4 Å². The Bertz CT molecular complexity index is 121. The van der Waals surface area contributed by atoms with Crippen LogP contribution in [0.1, 0.15) is 27.2 Å². The number of thioether (sulfide) groups is 1. The Kier molecular flexibility index (Phi) is 6.42. The highest BCUT2D eigenvalue weighted by molar-refractivity contribution is 8.00. The topological polar surface area (TPSA) is 38.4 Å². The number of rotatable bonds is 5. The van der Waals surface area contributed by atoms with Crippen molar-refractivity contribution in [2.24, 2.45) is 10.7 Å². The molecule has 2 N–H and O–H groups in total. The molecule has 0 bridgehead atoms. The van der Waals surface area contributed by atoms with Gasteiger partial charge in [-0.3, -0.25) is 4.99 Å². The molecule has 0 aromatic rings. The van der Waals surface area contributed by atoms with Gasteiger partial charge in [0.05, 0.1) is 5.75 Å². The second kappa shape index (κ2) is 6.53. The summed E-state index contributed by atoms with van der Waals surface area (Å²) in [5.41, 5.74) is 5.64. The third-order valence-electron chi connectivity index (χ3n) is 1.10. The average molecular weight is 174 g/mol. The normalized spacial score (nSPS) is 12.5. The van der Waals surface area contributed by atoms with Crippen molar-refractivity contribution in [1.82, 2.24) is 0 Å². The third kappa shape index (κ3) is 7.72. The van der Waals surface area contributed by atoms with Gasteiger partial charge in [-0.15, -0.1) is 0 Å². The maximum absolute atomic E-state index is 5.64. The van der Waals surface area contributed by atoms with E-state index in [0.717, 1.165) is 24.6 Å². The average Bonchev–Trinajstić information content (AvgIpc) is 1.97. The fourth-order valence-electron chi connectivity index (χ4n) is 0.553. The first-order valence-corrected chi connectivity index (χ1v) is 5.12. The van der Waals surface area contributed by atoms with E-state index in [2.05, 4.69) is 25.8 Å². The molecule has 0 heterocycles. The van der Waals surface area contributed by atoms with Gasteiger partial charge in [0.2, 0.25) is 0 Å². The number of amidine groups is 1. The van der Waals surface area contributed by atoms with Crippen LogP contribution >= 0.6 is 11.8 Å². The van der Waals surface area contributed by atoms with Crippen molar-refractivity contribution in [3.63, 3.8) is 0 Å². The lowest BCUT2D eigenvalue weighted by Crippen LogP contribution is -2.16. The quantitative estimate of drug-likeness (QED) is 0.510. The van der Waals surface area contributed by atoms with Crippen molar-refractivity contribution in [1.29, 1.82) is 0 Å². The first-order valence-electron chi connectivity index (χ1n) is 4.07. The van der Waals surface area contributed by atoms with Crippen LogP contribution in [0.15, 0.2) is 4.99 Å². The summed E-state index contributed by atoms with van der Waals surface area (Å²) < 4.78 is 0. The lowest BCUT2D eigenvalue weighted by Gasteiger charge is -2.03. The van der Waals surface area contributed by atoms with Crippen LogP contribution in [0.3, 0.4) is 0 Å². The zero-order chi connectivity index (χ0) is 8.69. The maximum atomic E-state index is 5.64. The van der Waals surface area contributed by atoms with E-state index in [0.29, 0.717) is 5.25 Å². The summed E-state index contributed by atoms with van der Waals surface area (Å²) in [5, 5.41) is 0.644. The summed E-state index contributed by atoms with van der Waals surface area (Å²) in [6.45, 7) is 7.30. The minimum absolute atomic E-state index is 0.644. The van der Waals surface area contributed by atoms with E-state index in [9.17, 15) is 0 Å². The van der Waals surface area contributed by atoms with Gasteiger partial charge >= 0.3 is 0 Å². The van der Waals surface area contributed by atoms with Gasteiger partial charge < -0.3 is 5.73 Å². The highest BCUT2D eigenvalue weighted by Crippen LogP contribution is 2.07. The lowest BCUT2D eigenvalue weighted by atomic mass is 10.5. The molecule has 3 heteroatoms. The molecule has 11 heavy (non-hydrogen) atoms. The second-order valence-electron chi connectivity index (χ2n) is 2.73. The molecule has 0 fully saturated rings. The Morgan fingerprint density at radius 2 is 2.18 bits per heavy atom. The zero-order valence-electron chi connectivity index (χ0n) is 7.63. The molecule has 0 radical (unpaired) electrons. The molecular weight excluding hydrogens is 156 g/mol. The van der Waals surface area contributed by atoms with E-state index in [-0.39, 0.29) is 0 Å². The summed E-state index contributed by atoms with van der Waals surface area (Å²) >= 11 is 1.83. The van der Waals surface area contributed by atoms with Crippen molar-refractivity contribution in [3.8, 4) is 0 Å². The van der Waals surface area contributed by atoms with E-state index in [4.69, 9.17) is 5.73 Å². The number of hydrogen-bond donors (Lipinski definition) is 1. The van der Waals surface area contributed by atoms with Crippen LogP contribution in [0, 0.1) is 0 Å². The minimum atomic E-state index is 0.644. The molecule has 0 saturated carbocycles. The van der Waals surface area contributed by atoms with Crippen molar-refractivity contribution in [3.05, 3.63) is 0 Å². The van der Waals surface area contributed by atoms with Gasteiger partial charge in [0.15, 0.2) is 0 Å². The molecule has 0 unspecified atom stereocenters. The van der Waals surface area contributed by atoms with Crippen molar-refractivity contribution in [2.75, 3.05) is 12.3 Å². The molecule has 0 aromatic heterocycles. The molecule has 0 spiro atoms. The molecule has 0 aliphatic heterocycles.